The molecule has 0 aromatic rings. The van der Waals surface area contributed by atoms with Gasteiger partial charge >= 0.3 is 6.09 Å². The number of hydrogen-bond acceptors (Lipinski definition) is 6. The molecule has 0 unspecified atom stereocenters. The van der Waals surface area contributed by atoms with Crippen molar-refractivity contribution in [2.45, 2.75) is 38.8 Å². The smallest absolute Gasteiger partial charge is 0.408 e. The number of alkyl carbamates (subject to hydrolysis) is 1. The lowest BCUT2D eigenvalue weighted by Gasteiger charge is -2.20. The van der Waals surface area contributed by atoms with E-state index in [1.54, 1.807) is 20.8 Å². The molecule has 0 saturated carbocycles. The molecule has 9 heteroatoms. The second-order valence-electron chi connectivity index (χ2n) is 5.23. The van der Waals surface area contributed by atoms with Crippen LogP contribution in [0.25, 0.3) is 0 Å². The second-order valence-corrected chi connectivity index (χ2v) is 6.22. The van der Waals surface area contributed by atoms with Crippen molar-refractivity contribution in [1.29, 1.82) is 0 Å². The summed E-state index contributed by atoms with van der Waals surface area (Å²) in [5, 5.41) is 13.3. The molecular weight excluding hydrogens is 298 g/mol. The highest BCUT2D eigenvalue weighted by Gasteiger charge is 2.21. The number of hydroxylamine groups is 1. The Kier molecular flexibility index (Phi) is 8.79. The quantitative estimate of drug-likeness (QED) is 0.395. The van der Waals surface area contributed by atoms with E-state index in [9.17, 15) is 14.4 Å². The first-order valence-electron chi connectivity index (χ1n) is 6.38. The topological polar surface area (TPSA) is 117 Å². The summed E-state index contributed by atoms with van der Waals surface area (Å²) < 4.78 is 4.97. The third-order valence-corrected chi connectivity index (χ3v) is 2.81. The maximum Gasteiger partial charge on any atom is 0.408 e. The molecule has 122 valence electrons. The maximum atomic E-state index is 11.7. The Morgan fingerprint density at radius 3 is 2.38 bits per heavy atom. The summed E-state index contributed by atoms with van der Waals surface area (Å²) in [6, 6.07) is -0.851. The largest absolute Gasteiger partial charge is 0.444 e. The number of hydrogen-bond donors (Lipinski definition) is 4. The van der Waals surface area contributed by atoms with Gasteiger partial charge in [-0.25, -0.2) is 10.3 Å². The lowest BCUT2D eigenvalue weighted by atomic mass is 10.2. The Hall–Kier alpha value is -1.48. The number of amides is 3. The van der Waals surface area contributed by atoms with Crippen LogP contribution in [0.2, 0.25) is 0 Å². The number of thioether (sulfide) groups is 1. The average molecular weight is 321 g/mol. The predicted molar refractivity (Wildman–Crippen MR) is 79.1 cm³/mol. The molecule has 0 heterocycles. The lowest BCUT2D eigenvalue weighted by molar-refractivity contribution is -0.134. The van der Waals surface area contributed by atoms with E-state index >= 15 is 0 Å². The number of rotatable bonds is 7. The molecule has 0 aliphatic heterocycles. The first-order chi connectivity index (χ1) is 9.69. The SMILES string of the molecule is CSCC[C@H](NC(=O)CNC(=O)OC(C)(C)C)C(=O)NO. The number of nitrogens with one attached hydrogen (secondary N) is 3. The van der Waals surface area contributed by atoms with Crippen LogP contribution in [0.15, 0.2) is 0 Å². The van der Waals surface area contributed by atoms with E-state index in [-0.39, 0.29) is 6.54 Å². The Balaban J connectivity index is 4.25. The molecule has 0 aromatic carbocycles. The summed E-state index contributed by atoms with van der Waals surface area (Å²) in [4.78, 5) is 34.4. The first-order valence-corrected chi connectivity index (χ1v) is 7.78. The molecule has 0 aromatic heterocycles. The maximum absolute atomic E-state index is 11.7. The normalized spacial score (nSPS) is 12.2. The van der Waals surface area contributed by atoms with Crippen molar-refractivity contribution in [2.75, 3.05) is 18.6 Å². The molecule has 3 amide bonds. The van der Waals surface area contributed by atoms with Crippen molar-refractivity contribution in [1.82, 2.24) is 16.1 Å². The van der Waals surface area contributed by atoms with E-state index in [0.29, 0.717) is 12.2 Å². The van der Waals surface area contributed by atoms with Crippen LogP contribution in [-0.4, -0.2) is 53.3 Å². The molecule has 4 N–H and O–H groups in total. The molecule has 8 nitrogen and oxygen atoms in total. The Morgan fingerprint density at radius 1 is 1.29 bits per heavy atom. The van der Waals surface area contributed by atoms with Gasteiger partial charge in [-0.3, -0.25) is 14.8 Å². The number of carbonyl (C=O) groups excluding carboxylic acids is 3. The van der Waals surface area contributed by atoms with E-state index in [1.807, 2.05) is 6.26 Å². The van der Waals surface area contributed by atoms with Crippen LogP contribution in [0.5, 0.6) is 0 Å². The number of carbonyl (C=O) groups is 3. The molecule has 0 radical (unpaired) electrons. The highest BCUT2D eigenvalue weighted by molar-refractivity contribution is 7.98. The van der Waals surface area contributed by atoms with Gasteiger partial charge in [-0.05, 0) is 39.2 Å². The Bertz CT molecular complexity index is 370. The van der Waals surface area contributed by atoms with Crippen LogP contribution in [-0.2, 0) is 14.3 Å². The highest BCUT2D eigenvalue weighted by Crippen LogP contribution is 2.06. The predicted octanol–water partition coefficient (Wildman–Crippen LogP) is 0.254. The zero-order valence-electron chi connectivity index (χ0n) is 12.7. The van der Waals surface area contributed by atoms with E-state index in [0.717, 1.165) is 0 Å². The van der Waals surface area contributed by atoms with Crippen LogP contribution in [0.1, 0.15) is 27.2 Å². The summed E-state index contributed by atoms with van der Waals surface area (Å²) in [6.07, 6.45) is 1.51. The summed E-state index contributed by atoms with van der Waals surface area (Å²) >= 11 is 1.51. The summed E-state index contributed by atoms with van der Waals surface area (Å²) in [5.74, 6) is -0.608. The van der Waals surface area contributed by atoms with Crippen molar-refractivity contribution < 1.29 is 24.3 Å². The van der Waals surface area contributed by atoms with Crippen LogP contribution < -0.4 is 16.1 Å². The molecule has 0 fully saturated rings. The summed E-state index contributed by atoms with van der Waals surface area (Å²) in [6.45, 7) is 4.80. The summed E-state index contributed by atoms with van der Waals surface area (Å²) in [5.41, 5.74) is 0.846. The second kappa shape index (κ2) is 9.46. The minimum atomic E-state index is -0.851. The summed E-state index contributed by atoms with van der Waals surface area (Å²) in [7, 11) is 0. The first kappa shape index (κ1) is 19.5. The van der Waals surface area contributed by atoms with Crippen molar-refractivity contribution in [3.05, 3.63) is 0 Å². The third-order valence-electron chi connectivity index (χ3n) is 2.16. The fourth-order valence-corrected chi connectivity index (χ4v) is 1.77. The molecule has 0 bridgehead atoms. The third kappa shape index (κ3) is 9.97. The molecule has 0 saturated heterocycles. The highest BCUT2D eigenvalue weighted by atomic mass is 32.2. The van der Waals surface area contributed by atoms with Crippen molar-refractivity contribution >= 4 is 29.7 Å². The standard InChI is InChI=1S/C12H23N3O5S/c1-12(2,3)20-11(18)13-7-9(16)14-8(5-6-21-4)10(17)15-19/h8,19H,5-7H2,1-4H3,(H,13,18)(H,14,16)(H,15,17)/t8-/m0/s1. The fraction of sp³-hybridized carbons (Fsp3) is 0.750. The lowest BCUT2D eigenvalue weighted by Crippen LogP contribution is -2.49. The molecule has 0 spiro atoms. The van der Waals surface area contributed by atoms with Crippen molar-refractivity contribution in [2.24, 2.45) is 0 Å². The molecule has 21 heavy (non-hydrogen) atoms. The van der Waals surface area contributed by atoms with Crippen molar-refractivity contribution in [3.8, 4) is 0 Å². The van der Waals surface area contributed by atoms with E-state index < -0.39 is 29.6 Å². The molecule has 0 aliphatic rings. The monoisotopic (exact) mass is 321 g/mol. The van der Waals surface area contributed by atoms with Crippen LogP contribution in [0.3, 0.4) is 0 Å². The molecule has 0 rings (SSSR count). The van der Waals surface area contributed by atoms with Crippen LogP contribution in [0.4, 0.5) is 4.79 Å². The minimum absolute atomic E-state index is 0.316. The van der Waals surface area contributed by atoms with Crippen LogP contribution in [0, 0.1) is 0 Å². The fourth-order valence-electron chi connectivity index (χ4n) is 1.29. The van der Waals surface area contributed by atoms with Gasteiger partial charge in [-0.15, -0.1) is 0 Å². The zero-order chi connectivity index (χ0) is 16.5. The molecular formula is C12H23N3O5S. The van der Waals surface area contributed by atoms with E-state index in [1.165, 1.54) is 17.2 Å². The van der Waals surface area contributed by atoms with E-state index in [4.69, 9.17) is 9.94 Å². The number of ether oxygens (including phenoxy) is 1. The molecule has 1 atom stereocenters. The minimum Gasteiger partial charge on any atom is -0.444 e. The molecule has 0 aliphatic carbocycles. The van der Waals surface area contributed by atoms with Gasteiger partial charge in [-0.2, -0.15) is 11.8 Å². The van der Waals surface area contributed by atoms with Gasteiger partial charge in [0.2, 0.25) is 5.91 Å². The van der Waals surface area contributed by atoms with Gasteiger partial charge in [0, 0.05) is 0 Å². The van der Waals surface area contributed by atoms with Gasteiger partial charge in [0.1, 0.15) is 18.2 Å². The Labute approximate surface area is 128 Å². The van der Waals surface area contributed by atoms with Gasteiger partial charge in [0.15, 0.2) is 0 Å². The Morgan fingerprint density at radius 2 is 1.90 bits per heavy atom. The van der Waals surface area contributed by atoms with Gasteiger partial charge in [0.25, 0.3) is 5.91 Å². The van der Waals surface area contributed by atoms with Gasteiger partial charge in [-0.1, -0.05) is 0 Å². The van der Waals surface area contributed by atoms with Gasteiger partial charge in [0.05, 0.1) is 0 Å². The van der Waals surface area contributed by atoms with Crippen molar-refractivity contribution in [3.63, 3.8) is 0 Å². The average Bonchev–Trinajstić information content (AvgIpc) is 2.38. The van der Waals surface area contributed by atoms with Gasteiger partial charge < -0.3 is 15.4 Å². The van der Waals surface area contributed by atoms with E-state index in [2.05, 4.69) is 10.6 Å². The van der Waals surface area contributed by atoms with Crippen LogP contribution >= 0.6 is 11.8 Å². The zero-order valence-corrected chi connectivity index (χ0v) is 13.5.